The van der Waals surface area contributed by atoms with E-state index in [0.29, 0.717) is 42.6 Å². The van der Waals surface area contributed by atoms with Crippen molar-refractivity contribution in [3.8, 4) is 5.75 Å². The largest absolute Gasteiger partial charge is 0.493 e. The standard InChI is InChI=1S/C26H28ClIN2O5/c1-16-23(26(32)33)24(18-6-9-22(27)29-14-18)21(25(31)30(16)15-20-3-2-11-34-20)13-17-4-7-19(8-5-17)35-12-10-28/h4-9,14,20-21,24H,2-3,10-13,15H2,1H3,(H,32,33)/t20-,21?,24-/m0/s1. The number of ether oxygens (including phenoxy) is 2. The third-order valence-corrected chi connectivity index (χ3v) is 7.23. The summed E-state index contributed by atoms with van der Waals surface area (Å²) in [5.74, 6) is -1.65. The molecule has 1 unspecified atom stereocenters. The Morgan fingerprint density at radius 2 is 2.06 bits per heavy atom. The number of aliphatic carboxylic acids is 1. The average molecular weight is 611 g/mol. The molecule has 2 aliphatic rings. The Bertz CT molecular complexity index is 1080. The van der Waals surface area contributed by atoms with Crippen molar-refractivity contribution in [3.05, 3.63) is 70.1 Å². The number of alkyl halides is 1. The molecule has 2 aromatic rings. The number of aromatic nitrogens is 1. The molecule has 186 valence electrons. The summed E-state index contributed by atoms with van der Waals surface area (Å²) >= 11 is 8.26. The number of allylic oxidation sites excluding steroid dienone is 1. The van der Waals surface area contributed by atoms with Crippen LogP contribution in [0.1, 0.15) is 36.8 Å². The summed E-state index contributed by atoms with van der Waals surface area (Å²) in [6, 6.07) is 11.0. The molecule has 3 atom stereocenters. The third kappa shape index (κ3) is 5.98. The lowest BCUT2D eigenvalue weighted by molar-refractivity contribution is -0.139. The molecule has 1 N–H and O–H groups in total. The Morgan fingerprint density at radius 1 is 1.29 bits per heavy atom. The Hall–Kier alpha value is -2.17. The third-order valence-electron chi connectivity index (χ3n) is 6.57. The van der Waals surface area contributed by atoms with Crippen molar-refractivity contribution in [1.82, 2.24) is 9.88 Å². The first-order valence-corrected chi connectivity index (χ1v) is 13.6. The zero-order valence-corrected chi connectivity index (χ0v) is 22.4. The number of halogens is 2. The van der Waals surface area contributed by atoms with Crippen LogP contribution in [-0.4, -0.2) is 57.2 Å². The summed E-state index contributed by atoms with van der Waals surface area (Å²) in [6.07, 6.45) is 3.65. The number of carbonyl (C=O) groups is 2. The number of nitrogens with zero attached hydrogens (tertiary/aromatic N) is 2. The van der Waals surface area contributed by atoms with E-state index in [4.69, 9.17) is 21.1 Å². The first-order chi connectivity index (χ1) is 16.9. The van der Waals surface area contributed by atoms with E-state index >= 15 is 0 Å². The van der Waals surface area contributed by atoms with Gasteiger partial charge in [0.25, 0.3) is 0 Å². The lowest BCUT2D eigenvalue weighted by Crippen LogP contribution is -2.47. The molecule has 0 bridgehead atoms. The Morgan fingerprint density at radius 3 is 2.66 bits per heavy atom. The van der Waals surface area contributed by atoms with Crippen LogP contribution in [0, 0.1) is 5.92 Å². The topological polar surface area (TPSA) is 89.0 Å². The van der Waals surface area contributed by atoms with Crippen molar-refractivity contribution >= 4 is 46.1 Å². The number of hydrogen-bond acceptors (Lipinski definition) is 5. The van der Waals surface area contributed by atoms with Crippen molar-refractivity contribution < 1.29 is 24.2 Å². The summed E-state index contributed by atoms with van der Waals surface area (Å²) in [7, 11) is 0. The number of hydrogen-bond donors (Lipinski definition) is 1. The zero-order valence-electron chi connectivity index (χ0n) is 19.5. The van der Waals surface area contributed by atoms with Crippen LogP contribution in [0.15, 0.2) is 53.9 Å². The minimum atomic E-state index is -1.04. The Balaban J connectivity index is 1.72. The van der Waals surface area contributed by atoms with E-state index in [0.717, 1.165) is 28.6 Å². The maximum Gasteiger partial charge on any atom is 0.333 e. The molecule has 1 amide bonds. The van der Waals surface area contributed by atoms with E-state index in [-0.39, 0.29) is 17.6 Å². The molecule has 2 aliphatic heterocycles. The quantitative estimate of drug-likeness (QED) is 0.248. The average Bonchev–Trinajstić information content (AvgIpc) is 3.36. The van der Waals surface area contributed by atoms with Crippen molar-refractivity contribution in [1.29, 1.82) is 0 Å². The van der Waals surface area contributed by atoms with Gasteiger partial charge in [0, 0.05) is 28.8 Å². The zero-order chi connectivity index (χ0) is 24.9. The maximum absolute atomic E-state index is 13.9. The molecule has 7 nitrogen and oxygen atoms in total. The van der Waals surface area contributed by atoms with Crippen LogP contribution >= 0.6 is 34.2 Å². The Labute approximate surface area is 223 Å². The predicted octanol–water partition coefficient (Wildman–Crippen LogP) is 4.87. The lowest BCUT2D eigenvalue weighted by Gasteiger charge is -2.40. The highest BCUT2D eigenvalue weighted by atomic mass is 127. The van der Waals surface area contributed by atoms with Gasteiger partial charge in [0.05, 0.1) is 30.7 Å². The van der Waals surface area contributed by atoms with Gasteiger partial charge in [0.2, 0.25) is 5.91 Å². The molecule has 0 saturated carbocycles. The van der Waals surface area contributed by atoms with Crippen LogP contribution < -0.4 is 4.74 Å². The van der Waals surface area contributed by atoms with Crippen LogP contribution in [0.5, 0.6) is 5.75 Å². The second-order valence-electron chi connectivity index (χ2n) is 8.77. The van der Waals surface area contributed by atoms with E-state index in [2.05, 4.69) is 27.6 Å². The van der Waals surface area contributed by atoms with E-state index < -0.39 is 17.8 Å². The minimum Gasteiger partial charge on any atom is -0.493 e. The van der Waals surface area contributed by atoms with Gasteiger partial charge in [-0.25, -0.2) is 9.78 Å². The molecule has 9 heteroatoms. The second kappa shape index (κ2) is 11.7. The molecular formula is C26H28ClIN2O5. The van der Waals surface area contributed by atoms with Gasteiger partial charge in [-0.3, -0.25) is 4.79 Å². The van der Waals surface area contributed by atoms with Crippen molar-refractivity contribution in [2.24, 2.45) is 5.92 Å². The fraction of sp³-hybridized carbons (Fsp3) is 0.423. The smallest absolute Gasteiger partial charge is 0.333 e. The van der Waals surface area contributed by atoms with Crippen LogP contribution in [0.25, 0.3) is 0 Å². The summed E-state index contributed by atoms with van der Waals surface area (Å²) in [4.78, 5) is 32.3. The highest BCUT2D eigenvalue weighted by Crippen LogP contribution is 2.42. The van der Waals surface area contributed by atoms with Crippen LogP contribution in [0.4, 0.5) is 0 Å². The van der Waals surface area contributed by atoms with Crippen molar-refractivity contribution in [3.63, 3.8) is 0 Å². The summed E-state index contributed by atoms with van der Waals surface area (Å²) in [5, 5.41) is 10.6. The highest BCUT2D eigenvalue weighted by Gasteiger charge is 2.44. The van der Waals surface area contributed by atoms with Gasteiger partial charge in [-0.1, -0.05) is 52.4 Å². The van der Waals surface area contributed by atoms with Crippen LogP contribution in [-0.2, 0) is 20.7 Å². The SMILES string of the molecule is CC1=C(C(=O)O)[C@@H](c2ccc(Cl)nc2)C(Cc2ccc(OCCI)cc2)C(=O)N1C[C@@H]1CCCO1. The predicted molar refractivity (Wildman–Crippen MR) is 141 cm³/mol. The number of rotatable bonds is 9. The van der Waals surface area contributed by atoms with E-state index in [1.807, 2.05) is 24.3 Å². The minimum absolute atomic E-state index is 0.0901. The van der Waals surface area contributed by atoms with Gasteiger partial charge in [-0.2, -0.15) is 0 Å². The van der Waals surface area contributed by atoms with Gasteiger partial charge >= 0.3 is 5.97 Å². The molecule has 0 aliphatic carbocycles. The summed E-state index contributed by atoms with van der Waals surface area (Å²) in [5.41, 5.74) is 2.25. The fourth-order valence-corrected chi connectivity index (χ4v) is 5.23. The molecule has 0 spiro atoms. The van der Waals surface area contributed by atoms with Crippen molar-refractivity contribution in [2.45, 2.75) is 38.2 Å². The fourth-order valence-electron chi connectivity index (χ4n) is 4.89. The van der Waals surface area contributed by atoms with Gasteiger partial charge in [0.1, 0.15) is 10.9 Å². The lowest BCUT2D eigenvalue weighted by atomic mass is 9.74. The summed E-state index contributed by atoms with van der Waals surface area (Å²) < 4.78 is 12.3. The summed E-state index contributed by atoms with van der Waals surface area (Å²) in [6.45, 7) is 3.35. The van der Waals surface area contributed by atoms with Gasteiger partial charge in [-0.05, 0) is 55.5 Å². The highest BCUT2D eigenvalue weighted by molar-refractivity contribution is 14.1. The number of carboxylic acid groups (broad SMARTS) is 1. The number of carbonyl (C=O) groups excluding carboxylic acids is 1. The van der Waals surface area contributed by atoms with Crippen LogP contribution in [0.2, 0.25) is 5.15 Å². The number of pyridine rings is 1. The van der Waals surface area contributed by atoms with Crippen molar-refractivity contribution in [2.75, 3.05) is 24.2 Å². The molecule has 1 fully saturated rings. The molecule has 35 heavy (non-hydrogen) atoms. The van der Waals surface area contributed by atoms with Gasteiger partial charge < -0.3 is 19.5 Å². The molecule has 0 radical (unpaired) electrons. The molecule has 1 aromatic carbocycles. The number of carboxylic acids is 1. The first kappa shape index (κ1) is 25.9. The molecular weight excluding hydrogens is 583 g/mol. The van der Waals surface area contributed by atoms with E-state index in [1.54, 1.807) is 30.2 Å². The molecule has 1 aromatic heterocycles. The molecule has 3 heterocycles. The van der Waals surface area contributed by atoms with Gasteiger partial charge in [-0.15, -0.1) is 0 Å². The second-order valence-corrected chi connectivity index (χ2v) is 10.2. The normalized spacial score (nSPS) is 22.5. The van der Waals surface area contributed by atoms with Gasteiger partial charge in [0.15, 0.2) is 0 Å². The molecule has 4 rings (SSSR count). The van der Waals surface area contributed by atoms with E-state index in [9.17, 15) is 14.7 Å². The first-order valence-electron chi connectivity index (χ1n) is 11.6. The maximum atomic E-state index is 13.9. The van der Waals surface area contributed by atoms with E-state index in [1.165, 1.54) is 0 Å². The molecule has 1 saturated heterocycles. The number of amides is 1. The monoisotopic (exact) mass is 610 g/mol. The Kier molecular flexibility index (Phi) is 8.67. The number of benzene rings is 1. The van der Waals surface area contributed by atoms with Crippen LogP contribution in [0.3, 0.4) is 0 Å².